The van der Waals surface area contributed by atoms with Crippen LogP contribution in [0.15, 0.2) is 29.2 Å². The van der Waals surface area contributed by atoms with Crippen LogP contribution >= 0.6 is 0 Å². The topological polar surface area (TPSA) is 126 Å². The first kappa shape index (κ1) is 19.6. The molecule has 0 saturated carbocycles. The standard InChI is InChI=1S/C22H26N8O/c1-13-9-20(29-28-13)26-19-12-17-21(18(31)5-7-24-17)22(27-19)25-14-10-15-3-4-16(11-14)30(15)8-2-6-23/h5,7,9,12,14-16H,2-4,8,10-11H2,1H3,(H,24,31)(H3,25,26,27,28,29)/t14?,15-,16?/m0/s1. The van der Waals surface area contributed by atoms with Crippen molar-refractivity contribution in [1.82, 2.24) is 25.1 Å². The lowest BCUT2D eigenvalue weighted by Crippen LogP contribution is -2.47. The van der Waals surface area contributed by atoms with Crippen LogP contribution < -0.4 is 16.1 Å². The Hall–Kier alpha value is -3.38. The van der Waals surface area contributed by atoms with Crippen molar-refractivity contribution in [2.75, 3.05) is 17.2 Å². The van der Waals surface area contributed by atoms with E-state index in [9.17, 15) is 4.79 Å². The Kier molecular flexibility index (Phi) is 5.08. The highest BCUT2D eigenvalue weighted by molar-refractivity contribution is 5.91. The average molecular weight is 419 g/mol. The second-order valence-electron chi connectivity index (χ2n) is 8.53. The van der Waals surface area contributed by atoms with Crippen molar-refractivity contribution in [1.29, 1.82) is 5.26 Å². The van der Waals surface area contributed by atoms with Gasteiger partial charge in [0, 0.05) is 61.2 Å². The van der Waals surface area contributed by atoms with Crippen LogP contribution in [0.4, 0.5) is 17.5 Å². The number of nitriles is 1. The predicted octanol–water partition coefficient (Wildman–Crippen LogP) is 3.02. The Balaban J connectivity index is 1.42. The predicted molar refractivity (Wildman–Crippen MR) is 119 cm³/mol. The minimum atomic E-state index is -0.0552. The normalized spacial score (nSPS) is 23.0. The highest BCUT2D eigenvalue weighted by atomic mass is 16.1. The van der Waals surface area contributed by atoms with Gasteiger partial charge in [-0.3, -0.25) is 14.8 Å². The number of piperidine rings is 1. The van der Waals surface area contributed by atoms with Crippen molar-refractivity contribution >= 4 is 28.4 Å². The molecule has 4 N–H and O–H groups in total. The first-order valence-electron chi connectivity index (χ1n) is 10.8. The number of hydrogen-bond donors (Lipinski definition) is 4. The average Bonchev–Trinajstić information content (AvgIpc) is 3.25. The first-order valence-corrected chi connectivity index (χ1v) is 10.8. The first-order chi connectivity index (χ1) is 15.1. The number of fused-ring (bicyclic) bond motifs is 3. The van der Waals surface area contributed by atoms with E-state index < -0.39 is 0 Å². The van der Waals surface area contributed by atoms with Crippen LogP contribution in [0.25, 0.3) is 10.9 Å². The summed E-state index contributed by atoms with van der Waals surface area (Å²) in [5, 5.41) is 23.5. The maximum absolute atomic E-state index is 12.6. The Bertz CT molecular complexity index is 1180. The Morgan fingerprint density at radius 3 is 2.77 bits per heavy atom. The third-order valence-corrected chi connectivity index (χ3v) is 6.41. The monoisotopic (exact) mass is 418 g/mol. The van der Waals surface area contributed by atoms with Crippen molar-refractivity contribution in [2.45, 2.75) is 57.2 Å². The molecule has 0 spiro atoms. The van der Waals surface area contributed by atoms with E-state index in [2.05, 4.69) is 36.8 Å². The van der Waals surface area contributed by atoms with E-state index in [0.29, 0.717) is 41.3 Å². The number of rotatable bonds is 6. The van der Waals surface area contributed by atoms with Gasteiger partial charge in [-0.25, -0.2) is 4.98 Å². The number of nitrogens with one attached hydrogen (secondary N) is 4. The molecular weight excluding hydrogens is 392 g/mol. The molecule has 2 unspecified atom stereocenters. The maximum Gasteiger partial charge on any atom is 0.193 e. The van der Waals surface area contributed by atoms with Gasteiger partial charge in [-0.2, -0.15) is 10.4 Å². The van der Waals surface area contributed by atoms with E-state index in [1.807, 2.05) is 19.1 Å². The van der Waals surface area contributed by atoms with Crippen molar-refractivity contribution in [2.24, 2.45) is 0 Å². The lowest BCUT2D eigenvalue weighted by atomic mass is 9.97. The number of nitrogens with zero attached hydrogens (tertiary/aromatic N) is 4. The summed E-state index contributed by atoms with van der Waals surface area (Å²) in [7, 11) is 0. The van der Waals surface area contributed by atoms with Crippen LogP contribution in [0.2, 0.25) is 0 Å². The molecule has 160 valence electrons. The zero-order chi connectivity index (χ0) is 21.4. The van der Waals surface area contributed by atoms with Crippen LogP contribution in [0.3, 0.4) is 0 Å². The smallest absolute Gasteiger partial charge is 0.193 e. The van der Waals surface area contributed by atoms with Gasteiger partial charge in [0.25, 0.3) is 0 Å². The zero-order valence-corrected chi connectivity index (χ0v) is 17.5. The Labute approximate surface area is 179 Å². The van der Waals surface area contributed by atoms with Crippen molar-refractivity contribution in [3.8, 4) is 6.07 Å². The molecule has 5 heterocycles. The minimum absolute atomic E-state index is 0.0552. The molecule has 2 fully saturated rings. The quantitative estimate of drug-likeness (QED) is 0.485. The van der Waals surface area contributed by atoms with E-state index in [1.165, 1.54) is 18.9 Å². The largest absolute Gasteiger partial charge is 0.366 e. The van der Waals surface area contributed by atoms with Gasteiger partial charge >= 0.3 is 0 Å². The molecule has 2 bridgehead atoms. The van der Waals surface area contributed by atoms with Gasteiger partial charge in [0.05, 0.1) is 17.0 Å². The van der Waals surface area contributed by atoms with Crippen LogP contribution in [0, 0.1) is 18.3 Å². The molecule has 0 aromatic carbocycles. The van der Waals surface area contributed by atoms with Gasteiger partial charge in [-0.05, 0) is 32.6 Å². The molecule has 0 radical (unpaired) electrons. The summed E-state index contributed by atoms with van der Waals surface area (Å²) < 4.78 is 0. The second-order valence-corrected chi connectivity index (χ2v) is 8.53. The van der Waals surface area contributed by atoms with Crippen molar-refractivity contribution in [3.63, 3.8) is 0 Å². The van der Waals surface area contributed by atoms with Crippen LogP contribution in [0.1, 0.15) is 37.8 Å². The molecular formula is C22H26N8O. The molecule has 31 heavy (non-hydrogen) atoms. The number of aryl methyl sites for hydroxylation is 1. The van der Waals surface area contributed by atoms with Gasteiger partial charge in [0.15, 0.2) is 11.2 Å². The van der Waals surface area contributed by atoms with Gasteiger partial charge < -0.3 is 15.6 Å². The number of hydrogen-bond acceptors (Lipinski definition) is 7. The number of aromatic nitrogens is 4. The number of pyridine rings is 2. The van der Waals surface area contributed by atoms with E-state index in [1.54, 1.807) is 6.20 Å². The highest BCUT2D eigenvalue weighted by Gasteiger charge is 2.40. The van der Waals surface area contributed by atoms with E-state index in [4.69, 9.17) is 10.2 Å². The number of anilines is 3. The highest BCUT2D eigenvalue weighted by Crippen LogP contribution is 2.37. The molecule has 9 heteroatoms. The molecule has 2 aliphatic heterocycles. The van der Waals surface area contributed by atoms with Crippen molar-refractivity contribution < 1.29 is 0 Å². The summed E-state index contributed by atoms with van der Waals surface area (Å²) in [6, 6.07) is 8.76. The van der Waals surface area contributed by atoms with Gasteiger partial charge in [-0.15, -0.1) is 0 Å². The van der Waals surface area contributed by atoms with Crippen LogP contribution in [-0.4, -0.2) is 49.7 Å². The summed E-state index contributed by atoms with van der Waals surface area (Å²) in [5.74, 6) is 1.90. The molecule has 2 aliphatic rings. The fraction of sp³-hybridized carbons (Fsp3) is 0.455. The van der Waals surface area contributed by atoms with E-state index in [-0.39, 0.29) is 11.5 Å². The Morgan fingerprint density at radius 2 is 2.06 bits per heavy atom. The fourth-order valence-electron chi connectivity index (χ4n) is 5.11. The van der Waals surface area contributed by atoms with Gasteiger partial charge in [0.2, 0.25) is 0 Å². The van der Waals surface area contributed by atoms with Crippen LogP contribution in [-0.2, 0) is 0 Å². The third kappa shape index (κ3) is 3.86. The zero-order valence-electron chi connectivity index (χ0n) is 17.5. The van der Waals surface area contributed by atoms with E-state index >= 15 is 0 Å². The Morgan fingerprint density at radius 1 is 1.26 bits per heavy atom. The summed E-state index contributed by atoms with van der Waals surface area (Å²) in [6.07, 6.45) is 6.56. The maximum atomic E-state index is 12.6. The minimum Gasteiger partial charge on any atom is -0.366 e. The van der Waals surface area contributed by atoms with Crippen LogP contribution in [0.5, 0.6) is 0 Å². The summed E-state index contributed by atoms with van der Waals surface area (Å²) >= 11 is 0. The molecule has 9 nitrogen and oxygen atoms in total. The molecule has 3 aromatic heterocycles. The summed E-state index contributed by atoms with van der Waals surface area (Å²) in [5.41, 5.74) is 1.63. The molecule has 5 rings (SSSR count). The SMILES string of the molecule is Cc1cc(Nc2cc3[nH]ccc(=O)c3c(NC3CC4CC[C@@H](C3)N4CCC#N)n2)n[nH]1. The molecule has 0 aliphatic carbocycles. The second kappa shape index (κ2) is 8.04. The molecule has 3 aromatic rings. The molecule has 3 atom stereocenters. The van der Waals surface area contributed by atoms with Gasteiger partial charge in [-0.1, -0.05) is 0 Å². The summed E-state index contributed by atoms with van der Waals surface area (Å²) in [6.45, 7) is 2.79. The fourth-order valence-corrected chi connectivity index (χ4v) is 5.11. The molecule has 2 saturated heterocycles. The third-order valence-electron chi connectivity index (χ3n) is 6.41. The number of H-pyrrole nitrogens is 2. The summed E-state index contributed by atoms with van der Waals surface area (Å²) in [4.78, 5) is 23.1. The number of aromatic amines is 2. The van der Waals surface area contributed by atoms with Crippen molar-refractivity contribution in [3.05, 3.63) is 40.3 Å². The lowest BCUT2D eigenvalue weighted by Gasteiger charge is -2.39. The molecule has 0 amide bonds. The lowest BCUT2D eigenvalue weighted by molar-refractivity contribution is 0.136. The van der Waals surface area contributed by atoms with E-state index in [0.717, 1.165) is 30.6 Å². The van der Waals surface area contributed by atoms with Gasteiger partial charge in [0.1, 0.15) is 11.6 Å².